The lowest BCUT2D eigenvalue weighted by atomic mass is 10.0. The minimum absolute atomic E-state index is 0.0176. The average molecular weight is 315 g/mol. The van der Waals surface area contributed by atoms with Crippen LogP contribution in [0.5, 0.6) is 0 Å². The second-order valence-corrected chi connectivity index (χ2v) is 7.20. The Morgan fingerprint density at radius 3 is 2.70 bits per heavy atom. The Hall–Kier alpha value is -2.04. The van der Waals surface area contributed by atoms with Gasteiger partial charge in [-0.15, -0.1) is 0 Å². The summed E-state index contributed by atoms with van der Waals surface area (Å²) in [5.41, 5.74) is 1.59. The molecule has 2 aromatic rings. The fourth-order valence-electron chi connectivity index (χ4n) is 3.20. The van der Waals surface area contributed by atoms with Crippen LogP contribution in [0.2, 0.25) is 0 Å². The van der Waals surface area contributed by atoms with Crippen LogP contribution in [-0.2, 0) is 11.8 Å². The molecule has 124 valence electrons. The third-order valence-electron chi connectivity index (χ3n) is 4.25. The fourth-order valence-corrected chi connectivity index (χ4v) is 3.20. The zero-order valence-electron chi connectivity index (χ0n) is 14.4. The first-order valence-electron chi connectivity index (χ1n) is 8.28. The Balaban J connectivity index is 1.94. The van der Waals surface area contributed by atoms with Gasteiger partial charge in [-0.3, -0.25) is 4.90 Å². The number of ether oxygens (including phenoxy) is 1. The van der Waals surface area contributed by atoms with Crippen molar-refractivity contribution in [2.24, 2.45) is 7.05 Å². The number of fused-ring (bicyclic) bond motifs is 1. The van der Waals surface area contributed by atoms with E-state index in [-0.39, 0.29) is 12.1 Å². The SMILES string of the molecule is Cn1c([C@@H]2CCCCN2C(=O)OC(C)(C)C)nc2ccccc21. The van der Waals surface area contributed by atoms with Crippen molar-refractivity contribution in [1.29, 1.82) is 0 Å². The molecule has 1 aromatic carbocycles. The van der Waals surface area contributed by atoms with Gasteiger partial charge in [-0.1, -0.05) is 12.1 Å². The molecule has 5 heteroatoms. The molecule has 1 aliphatic rings. The topological polar surface area (TPSA) is 47.4 Å². The van der Waals surface area contributed by atoms with Gasteiger partial charge in [-0.2, -0.15) is 0 Å². The van der Waals surface area contributed by atoms with Gasteiger partial charge in [0, 0.05) is 13.6 Å². The Morgan fingerprint density at radius 1 is 1.26 bits per heavy atom. The quantitative estimate of drug-likeness (QED) is 0.798. The zero-order chi connectivity index (χ0) is 16.6. The van der Waals surface area contributed by atoms with E-state index in [4.69, 9.17) is 9.72 Å². The summed E-state index contributed by atoms with van der Waals surface area (Å²) in [7, 11) is 2.02. The van der Waals surface area contributed by atoms with Gasteiger partial charge in [0.1, 0.15) is 11.4 Å². The van der Waals surface area contributed by atoms with Gasteiger partial charge < -0.3 is 9.30 Å². The van der Waals surface area contributed by atoms with Crippen LogP contribution in [0.3, 0.4) is 0 Å². The number of hydrogen-bond donors (Lipinski definition) is 0. The summed E-state index contributed by atoms with van der Waals surface area (Å²) in [6.07, 6.45) is 2.80. The zero-order valence-corrected chi connectivity index (χ0v) is 14.4. The number of hydrogen-bond acceptors (Lipinski definition) is 3. The molecule has 1 aliphatic heterocycles. The minimum Gasteiger partial charge on any atom is -0.444 e. The van der Waals surface area contributed by atoms with E-state index in [1.165, 1.54) is 0 Å². The Kier molecular flexibility index (Phi) is 4.04. The highest BCUT2D eigenvalue weighted by molar-refractivity contribution is 5.76. The molecule has 0 N–H and O–H groups in total. The lowest BCUT2D eigenvalue weighted by Gasteiger charge is -2.36. The maximum Gasteiger partial charge on any atom is 0.410 e. The number of aryl methyl sites for hydroxylation is 1. The fraction of sp³-hybridized carbons (Fsp3) is 0.556. The highest BCUT2D eigenvalue weighted by atomic mass is 16.6. The van der Waals surface area contributed by atoms with Crippen LogP contribution in [0.15, 0.2) is 24.3 Å². The molecule has 23 heavy (non-hydrogen) atoms. The van der Waals surface area contributed by atoms with Gasteiger partial charge in [-0.25, -0.2) is 9.78 Å². The highest BCUT2D eigenvalue weighted by Gasteiger charge is 2.34. The van der Waals surface area contributed by atoms with Gasteiger partial charge in [-0.05, 0) is 52.2 Å². The van der Waals surface area contributed by atoms with E-state index in [1.54, 1.807) is 0 Å². The minimum atomic E-state index is -0.481. The Labute approximate surface area is 137 Å². The molecule has 0 aliphatic carbocycles. The van der Waals surface area contributed by atoms with Crippen LogP contribution < -0.4 is 0 Å². The molecule has 1 atom stereocenters. The van der Waals surface area contributed by atoms with E-state index in [0.717, 1.165) is 42.7 Å². The third kappa shape index (κ3) is 3.19. The van der Waals surface area contributed by atoms with Crippen molar-refractivity contribution in [3.63, 3.8) is 0 Å². The van der Waals surface area contributed by atoms with Crippen LogP contribution in [-0.4, -0.2) is 32.7 Å². The van der Waals surface area contributed by atoms with Gasteiger partial charge in [0.15, 0.2) is 0 Å². The number of carbonyl (C=O) groups excluding carboxylic acids is 1. The lowest BCUT2D eigenvalue weighted by Crippen LogP contribution is -2.42. The Morgan fingerprint density at radius 2 is 2.00 bits per heavy atom. The van der Waals surface area contributed by atoms with E-state index >= 15 is 0 Å². The van der Waals surface area contributed by atoms with Crippen molar-refractivity contribution < 1.29 is 9.53 Å². The summed E-state index contributed by atoms with van der Waals surface area (Å²) in [5.74, 6) is 0.941. The van der Waals surface area contributed by atoms with Crippen molar-refractivity contribution in [3.05, 3.63) is 30.1 Å². The monoisotopic (exact) mass is 315 g/mol. The van der Waals surface area contributed by atoms with Gasteiger partial charge in [0.2, 0.25) is 0 Å². The van der Waals surface area contributed by atoms with Crippen LogP contribution in [0.25, 0.3) is 11.0 Å². The highest BCUT2D eigenvalue weighted by Crippen LogP contribution is 2.33. The van der Waals surface area contributed by atoms with Crippen LogP contribution in [0.4, 0.5) is 4.79 Å². The number of nitrogens with zero attached hydrogens (tertiary/aromatic N) is 3. The maximum atomic E-state index is 12.6. The molecule has 0 bridgehead atoms. The van der Waals surface area contributed by atoms with Crippen molar-refractivity contribution >= 4 is 17.1 Å². The second-order valence-electron chi connectivity index (χ2n) is 7.20. The van der Waals surface area contributed by atoms with Crippen LogP contribution in [0, 0.1) is 0 Å². The summed E-state index contributed by atoms with van der Waals surface area (Å²) in [4.78, 5) is 19.2. The Bertz CT molecular complexity index is 715. The standard InChI is InChI=1S/C18H25N3O2/c1-18(2,3)23-17(22)21-12-8-7-11-15(21)16-19-13-9-5-6-10-14(13)20(16)4/h5-6,9-10,15H,7-8,11-12H2,1-4H3/t15-/m0/s1. The van der Waals surface area contributed by atoms with Crippen LogP contribution in [0.1, 0.15) is 51.9 Å². The van der Waals surface area contributed by atoms with E-state index in [1.807, 2.05) is 50.9 Å². The molecule has 3 rings (SSSR count). The summed E-state index contributed by atoms with van der Waals surface area (Å²) >= 11 is 0. The van der Waals surface area contributed by atoms with Crippen molar-refractivity contribution in [2.75, 3.05) is 6.54 Å². The largest absolute Gasteiger partial charge is 0.444 e. The van der Waals surface area contributed by atoms with E-state index in [0.29, 0.717) is 0 Å². The molecule has 1 aromatic heterocycles. The second kappa shape index (κ2) is 5.87. The van der Waals surface area contributed by atoms with Gasteiger partial charge in [0.25, 0.3) is 0 Å². The molecule has 0 saturated carbocycles. The predicted molar refractivity (Wildman–Crippen MR) is 90.2 cm³/mol. The van der Waals surface area contributed by atoms with Crippen molar-refractivity contribution in [1.82, 2.24) is 14.5 Å². The number of benzene rings is 1. The molecular formula is C18H25N3O2. The molecule has 2 heterocycles. The molecule has 1 fully saturated rings. The molecule has 1 amide bonds. The van der Waals surface area contributed by atoms with Gasteiger partial charge in [0.05, 0.1) is 17.1 Å². The van der Waals surface area contributed by atoms with Crippen molar-refractivity contribution in [2.45, 2.75) is 51.7 Å². The van der Waals surface area contributed by atoms with Crippen LogP contribution >= 0.6 is 0 Å². The normalized spacial score (nSPS) is 19.1. The molecular weight excluding hydrogens is 290 g/mol. The number of piperidine rings is 1. The number of carbonyl (C=O) groups is 1. The first-order valence-corrected chi connectivity index (χ1v) is 8.28. The molecule has 1 saturated heterocycles. The maximum absolute atomic E-state index is 12.6. The molecule has 5 nitrogen and oxygen atoms in total. The number of likely N-dealkylation sites (tertiary alicyclic amines) is 1. The molecule has 0 unspecified atom stereocenters. The van der Waals surface area contributed by atoms with E-state index in [2.05, 4.69) is 10.6 Å². The summed E-state index contributed by atoms with van der Waals surface area (Å²) in [6, 6.07) is 8.06. The average Bonchev–Trinajstić information content (AvgIpc) is 2.83. The predicted octanol–water partition coefficient (Wildman–Crippen LogP) is 4.04. The lowest BCUT2D eigenvalue weighted by molar-refractivity contribution is 0.00819. The number of imidazole rings is 1. The number of rotatable bonds is 1. The molecule has 0 radical (unpaired) electrons. The smallest absolute Gasteiger partial charge is 0.410 e. The summed E-state index contributed by atoms with van der Waals surface area (Å²) in [5, 5.41) is 0. The first kappa shape index (κ1) is 15.8. The number of amides is 1. The summed E-state index contributed by atoms with van der Waals surface area (Å²) in [6.45, 7) is 6.43. The third-order valence-corrected chi connectivity index (χ3v) is 4.25. The number of aromatic nitrogens is 2. The van der Waals surface area contributed by atoms with Gasteiger partial charge >= 0.3 is 6.09 Å². The van der Waals surface area contributed by atoms with Crippen molar-refractivity contribution in [3.8, 4) is 0 Å². The number of para-hydroxylation sites is 2. The molecule has 0 spiro atoms. The van der Waals surface area contributed by atoms with E-state index < -0.39 is 5.60 Å². The first-order chi connectivity index (χ1) is 10.9. The summed E-state index contributed by atoms with van der Waals surface area (Å²) < 4.78 is 7.69. The van der Waals surface area contributed by atoms with E-state index in [9.17, 15) is 4.79 Å².